The molecule has 0 radical (unpaired) electrons. The van der Waals surface area contributed by atoms with Crippen LogP contribution in [0.3, 0.4) is 0 Å². The number of nitrogens with one attached hydrogen (secondary N) is 1. The summed E-state index contributed by atoms with van der Waals surface area (Å²) in [5.41, 5.74) is 3.94. The molecule has 39 heavy (non-hydrogen) atoms. The topological polar surface area (TPSA) is 94.4 Å². The van der Waals surface area contributed by atoms with Crippen LogP contribution in [0.2, 0.25) is 0 Å². The summed E-state index contributed by atoms with van der Waals surface area (Å²) < 4.78 is 25.3. The number of hydrogen-bond acceptors (Lipinski definition) is 8. The largest absolute Gasteiger partial charge is 0.493 e. The van der Waals surface area contributed by atoms with Crippen molar-refractivity contribution in [3.63, 3.8) is 0 Å². The van der Waals surface area contributed by atoms with E-state index >= 15 is 0 Å². The Hall–Kier alpha value is -4.02. The van der Waals surface area contributed by atoms with Crippen molar-refractivity contribution < 1.29 is 13.7 Å². The van der Waals surface area contributed by atoms with Gasteiger partial charge in [-0.1, -0.05) is 30.3 Å². The summed E-state index contributed by atoms with van der Waals surface area (Å²) >= 11 is 0. The van der Waals surface area contributed by atoms with E-state index in [9.17, 15) is 4.21 Å². The lowest BCUT2D eigenvalue weighted by molar-refractivity contribution is 0.216. The van der Waals surface area contributed by atoms with Crippen molar-refractivity contribution in [3.05, 3.63) is 78.8 Å². The number of hydrogen-bond donors (Lipinski definition) is 1. The molecule has 0 amide bonds. The van der Waals surface area contributed by atoms with Crippen molar-refractivity contribution in [2.45, 2.75) is 6.54 Å². The van der Waals surface area contributed by atoms with Gasteiger partial charge >= 0.3 is 0 Å². The van der Waals surface area contributed by atoms with Crippen LogP contribution < -0.4 is 14.8 Å². The number of aromatic nitrogens is 4. The molecule has 6 rings (SSSR count). The lowest BCUT2D eigenvalue weighted by Gasteiger charge is -2.26. The normalized spacial score (nSPS) is 14.6. The first-order chi connectivity index (χ1) is 19.2. The molecule has 0 saturated carbocycles. The maximum Gasteiger partial charge on any atom is 0.163 e. The van der Waals surface area contributed by atoms with Crippen molar-refractivity contribution in [2.75, 3.05) is 50.2 Å². The van der Waals surface area contributed by atoms with Crippen molar-refractivity contribution >= 4 is 44.1 Å². The van der Waals surface area contributed by atoms with Gasteiger partial charge in [0.25, 0.3) is 0 Å². The highest BCUT2D eigenvalue weighted by Crippen LogP contribution is 2.35. The van der Waals surface area contributed by atoms with E-state index in [4.69, 9.17) is 9.47 Å². The van der Waals surface area contributed by atoms with Gasteiger partial charge in [-0.3, -0.25) is 13.8 Å². The Kier molecular flexibility index (Phi) is 7.38. The van der Waals surface area contributed by atoms with Crippen molar-refractivity contribution in [2.24, 2.45) is 0 Å². The van der Waals surface area contributed by atoms with Crippen LogP contribution in [0.4, 0.5) is 11.5 Å². The van der Waals surface area contributed by atoms with Crippen LogP contribution in [0.15, 0.2) is 73.2 Å². The molecule has 0 unspecified atom stereocenters. The van der Waals surface area contributed by atoms with Gasteiger partial charge in [-0.25, -0.2) is 9.97 Å². The van der Waals surface area contributed by atoms with E-state index in [1.807, 2.05) is 47.3 Å². The minimum absolute atomic E-state index is 0.517. The van der Waals surface area contributed by atoms with Crippen LogP contribution in [-0.2, 0) is 17.3 Å². The molecule has 1 fully saturated rings. The molecule has 1 aliphatic heterocycles. The number of nitrogens with zero attached hydrogens (tertiary/aromatic N) is 5. The fraction of sp³-hybridized carbons (Fsp3) is 0.276. The third kappa shape index (κ3) is 5.71. The third-order valence-electron chi connectivity index (χ3n) is 6.94. The monoisotopic (exact) mass is 542 g/mol. The highest BCUT2D eigenvalue weighted by molar-refractivity contribution is 7.85. The molecule has 0 spiro atoms. The summed E-state index contributed by atoms with van der Waals surface area (Å²) in [6.45, 7) is 3.69. The SMILES string of the molecule is COc1cc2c(Nc3ccc4c(cnn4Cc4ccccc4)c3)ncnc2cc1OCCN1CCS(=O)CC1. The predicted molar refractivity (Wildman–Crippen MR) is 154 cm³/mol. The van der Waals surface area contributed by atoms with Crippen molar-refractivity contribution in [1.82, 2.24) is 24.6 Å². The van der Waals surface area contributed by atoms with E-state index < -0.39 is 10.8 Å². The summed E-state index contributed by atoms with van der Waals surface area (Å²) in [7, 11) is 0.950. The van der Waals surface area contributed by atoms with Gasteiger partial charge in [-0.05, 0) is 29.8 Å². The zero-order valence-electron chi connectivity index (χ0n) is 21.7. The molecule has 0 aliphatic carbocycles. The van der Waals surface area contributed by atoms with E-state index in [-0.39, 0.29) is 0 Å². The third-order valence-corrected chi connectivity index (χ3v) is 8.21. The standard InChI is InChI=1S/C29H30N6O3S/c1-37-27-16-24-25(17-28(27)38-12-9-34-10-13-39(36)14-11-34)30-20-31-29(24)33-23-7-8-26-22(15-23)18-32-35(26)19-21-5-3-2-4-6-21/h2-8,15-18,20H,9-14,19H2,1H3,(H,30,31,33). The molecule has 5 aromatic rings. The number of methoxy groups -OCH3 is 1. The predicted octanol–water partition coefficient (Wildman–Crippen LogP) is 4.22. The van der Waals surface area contributed by atoms with Crippen LogP contribution in [0, 0.1) is 0 Å². The van der Waals surface area contributed by atoms with Gasteiger partial charge in [0.05, 0.1) is 30.9 Å². The average molecular weight is 543 g/mol. The van der Waals surface area contributed by atoms with Gasteiger partial charge in [-0.15, -0.1) is 0 Å². The summed E-state index contributed by atoms with van der Waals surface area (Å²) in [6.07, 6.45) is 3.43. The van der Waals surface area contributed by atoms with Crippen molar-refractivity contribution in [1.29, 1.82) is 0 Å². The Morgan fingerprint density at radius 3 is 2.67 bits per heavy atom. The van der Waals surface area contributed by atoms with Gasteiger partial charge in [0.2, 0.25) is 0 Å². The van der Waals surface area contributed by atoms with Crippen LogP contribution >= 0.6 is 0 Å². The molecule has 1 N–H and O–H groups in total. The first-order valence-corrected chi connectivity index (χ1v) is 14.4. The highest BCUT2D eigenvalue weighted by atomic mass is 32.2. The van der Waals surface area contributed by atoms with E-state index in [0.717, 1.165) is 65.2 Å². The summed E-state index contributed by atoms with van der Waals surface area (Å²) in [4.78, 5) is 11.3. The minimum atomic E-state index is -0.681. The second-order valence-electron chi connectivity index (χ2n) is 9.47. The molecule has 3 heterocycles. The zero-order chi connectivity index (χ0) is 26.6. The maximum absolute atomic E-state index is 11.6. The Labute approximate surface area is 229 Å². The van der Waals surface area contributed by atoms with Crippen LogP contribution in [0.25, 0.3) is 21.8 Å². The number of rotatable bonds is 9. The second kappa shape index (κ2) is 11.4. The fourth-order valence-electron chi connectivity index (χ4n) is 4.80. The molecule has 0 bridgehead atoms. The van der Waals surface area contributed by atoms with Gasteiger partial charge in [0.15, 0.2) is 11.5 Å². The molecule has 1 saturated heterocycles. The number of fused-ring (bicyclic) bond motifs is 2. The molecule has 2 aromatic heterocycles. The quantitative estimate of drug-likeness (QED) is 0.296. The second-order valence-corrected chi connectivity index (χ2v) is 11.2. The molecular weight excluding hydrogens is 512 g/mol. The molecule has 200 valence electrons. The van der Waals surface area contributed by atoms with E-state index in [1.54, 1.807) is 13.4 Å². The van der Waals surface area contributed by atoms with Crippen LogP contribution in [0.1, 0.15) is 5.56 Å². The molecule has 1 aliphatic rings. The lowest BCUT2D eigenvalue weighted by Crippen LogP contribution is -2.39. The van der Waals surface area contributed by atoms with Crippen LogP contribution in [-0.4, -0.2) is 73.7 Å². The molecule has 9 nitrogen and oxygen atoms in total. The first kappa shape index (κ1) is 25.3. The van der Waals surface area contributed by atoms with E-state index in [2.05, 4.69) is 49.5 Å². The summed E-state index contributed by atoms with van der Waals surface area (Å²) in [5, 5.41) is 9.91. The zero-order valence-corrected chi connectivity index (χ0v) is 22.6. The Morgan fingerprint density at radius 1 is 1.00 bits per heavy atom. The lowest BCUT2D eigenvalue weighted by atomic mass is 10.2. The fourth-order valence-corrected chi connectivity index (χ4v) is 5.93. The smallest absolute Gasteiger partial charge is 0.163 e. The van der Waals surface area contributed by atoms with E-state index in [0.29, 0.717) is 23.9 Å². The number of benzene rings is 3. The molecular formula is C29H30N6O3S. The summed E-state index contributed by atoms with van der Waals surface area (Å²) in [5.74, 6) is 3.41. The Bertz CT molecular complexity index is 1610. The molecule has 10 heteroatoms. The molecule has 0 atom stereocenters. The highest BCUT2D eigenvalue weighted by Gasteiger charge is 2.16. The first-order valence-electron chi connectivity index (χ1n) is 13.0. The van der Waals surface area contributed by atoms with Gasteiger partial charge in [-0.2, -0.15) is 5.10 Å². The number of ether oxygens (including phenoxy) is 2. The van der Waals surface area contributed by atoms with Gasteiger partial charge in [0.1, 0.15) is 18.8 Å². The Morgan fingerprint density at radius 2 is 1.85 bits per heavy atom. The van der Waals surface area contributed by atoms with Gasteiger partial charge < -0.3 is 14.8 Å². The molecule has 3 aromatic carbocycles. The maximum atomic E-state index is 11.6. The van der Waals surface area contributed by atoms with Gasteiger partial charge in [0, 0.05) is 64.5 Å². The van der Waals surface area contributed by atoms with Crippen molar-refractivity contribution in [3.8, 4) is 11.5 Å². The Balaban J connectivity index is 1.19. The van der Waals surface area contributed by atoms with Crippen LogP contribution in [0.5, 0.6) is 11.5 Å². The minimum Gasteiger partial charge on any atom is -0.493 e. The van der Waals surface area contributed by atoms with E-state index in [1.165, 1.54) is 5.56 Å². The number of anilines is 2. The summed E-state index contributed by atoms with van der Waals surface area (Å²) in [6, 6.07) is 20.3. The average Bonchev–Trinajstić information content (AvgIpc) is 3.36.